The molecule has 1 heterocycles. The van der Waals surface area contributed by atoms with Gasteiger partial charge in [-0.25, -0.2) is 0 Å². The molecule has 1 saturated heterocycles. The Morgan fingerprint density at radius 1 is 1.35 bits per heavy atom. The first-order valence-corrected chi connectivity index (χ1v) is 8.31. The van der Waals surface area contributed by atoms with Gasteiger partial charge in [-0.1, -0.05) is 0 Å². The van der Waals surface area contributed by atoms with Crippen LogP contribution < -0.4 is 5.32 Å². The molecule has 118 valence electrons. The van der Waals surface area contributed by atoms with Crippen LogP contribution in [-0.2, 0) is 9.47 Å². The van der Waals surface area contributed by atoms with Crippen molar-refractivity contribution in [3.05, 3.63) is 0 Å². The van der Waals surface area contributed by atoms with E-state index in [0.29, 0.717) is 31.1 Å². The van der Waals surface area contributed by atoms with Crippen LogP contribution in [0.15, 0.2) is 4.99 Å². The lowest BCUT2D eigenvalue weighted by Gasteiger charge is -2.39. The normalized spacial score (nSPS) is 19.2. The summed E-state index contributed by atoms with van der Waals surface area (Å²) >= 11 is 2.03. The third kappa shape index (κ3) is 6.81. The van der Waals surface area contributed by atoms with E-state index in [-0.39, 0.29) is 0 Å². The van der Waals surface area contributed by atoms with Crippen molar-refractivity contribution in [2.45, 2.75) is 25.5 Å². The van der Waals surface area contributed by atoms with Crippen LogP contribution in [-0.4, -0.2) is 74.5 Å². The molecular weight excluding hydrogens is 274 g/mol. The van der Waals surface area contributed by atoms with E-state index in [9.17, 15) is 0 Å². The van der Waals surface area contributed by atoms with Gasteiger partial charge >= 0.3 is 0 Å². The molecule has 0 atom stereocenters. The van der Waals surface area contributed by atoms with E-state index in [4.69, 9.17) is 9.47 Å². The van der Waals surface area contributed by atoms with Crippen LogP contribution in [0.3, 0.4) is 0 Å². The molecule has 1 rings (SSSR count). The molecule has 6 heteroatoms. The molecule has 1 fully saturated rings. The summed E-state index contributed by atoms with van der Waals surface area (Å²) in [4.78, 5) is 7.01. The van der Waals surface area contributed by atoms with Crippen LogP contribution in [0.4, 0.5) is 0 Å². The van der Waals surface area contributed by atoms with Crippen molar-refractivity contribution in [1.82, 2.24) is 10.2 Å². The maximum absolute atomic E-state index is 5.45. The number of guanidine groups is 1. The molecule has 5 nitrogen and oxygen atoms in total. The number of rotatable bonds is 7. The summed E-state index contributed by atoms with van der Waals surface area (Å²) in [7, 11) is 1.68. The van der Waals surface area contributed by atoms with Gasteiger partial charge in [-0.3, -0.25) is 4.99 Å². The average molecular weight is 303 g/mol. The summed E-state index contributed by atoms with van der Waals surface area (Å²) in [5.41, 5.74) is 0. The van der Waals surface area contributed by atoms with Gasteiger partial charge in [0.05, 0.1) is 26.4 Å². The highest BCUT2D eigenvalue weighted by Crippen LogP contribution is 2.29. The van der Waals surface area contributed by atoms with E-state index in [0.717, 1.165) is 31.3 Å². The second-order valence-electron chi connectivity index (χ2n) is 5.37. The zero-order valence-electron chi connectivity index (χ0n) is 13.3. The second-order valence-corrected chi connectivity index (χ2v) is 7.17. The van der Waals surface area contributed by atoms with Crippen LogP contribution in [0.25, 0.3) is 0 Å². The van der Waals surface area contributed by atoms with Crippen molar-refractivity contribution >= 4 is 17.7 Å². The summed E-state index contributed by atoms with van der Waals surface area (Å²) < 4.78 is 10.7. The number of hydrogen-bond donors (Lipinski definition) is 1. The first-order valence-electron chi connectivity index (χ1n) is 7.33. The Balaban J connectivity index is 2.41. The van der Waals surface area contributed by atoms with Gasteiger partial charge in [-0.15, -0.1) is 0 Å². The van der Waals surface area contributed by atoms with Gasteiger partial charge in [0, 0.05) is 37.2 Å². The maximum Gasteiger partial charge on any atom is 0.194 e. The van der Waals surface area contributed by atoms with Gasteiger partial charge in [-0.2, -0.15) is 11.8 Å². The Labute approximate surface area is 127 Å². The molecule has 0 saturated carbocycles. The van der Waals surface area contributed by atoms with Crippen LogP contribution in [0.2, 0.25) is 0 Å². The van der Waals surface area contributed by atoms with Crippen molar-refractivity contribution in [2.24, 2.45) is 4.99 Å². The molecule has 0 aliphatic carbocycles. The van der Waals surface area contributed by atoms with Gasteiger partial charge in [0.2, 0.25) is 0 Å². The Hall–Kier alpha value is -0.460. The molecular formula is C14H29N3O2S. The Kier molecular flexibility index (Phi) is 8.33. The Morgan fingerprint density at radius 2 is 2.15 bits per heavy atom. The lowest BCUT2D eigenvalue weighted by atomic mass is 10.2. The zero-order valence-corrected chi connectivity index (χ0v) is 14.1. The quantitative estimate of drug-likeness (QED) is 0.438. The smallest absolute Gasteiger partial charge is 0.194 e. The lowest BCUT2D eigenvalue weighted by Crippen LogP contribution is -2.51. The van der Waals surface area contributed by atoms with Crippen molar-refractivity contribution in [2.75, 3.05) is 58.9 Å². The first kappa shape index (κ1) is 17.6. The maximum atomic E-state index is 5.45. The summed E-state index contributed by atoms with van der Waals surface area (Å²) in [6.07, 6.45) is 0. The highest BCUT2D eigenvalue weighted by atomic mass is 32.2. The molecule has 1 aliphatic rings. The van der Waals surface area contributed by atoms with Gasteiger partial charge in [0.1, 0.15) is 0 Å². The summed E-state index contributed by atoms with van der Waals surface area (Å²) in [6.45, 7) is 12.3. The molecule has 0 aromatic rings. The molecule has 0 aromatic heterocycles. The van der Waals surface area contributed by atoms with Crippen LogP contribution >= 0.6 is 11.8 Å². The minimum Gasteiger partial charge on any atom is -0.382 e. The summed E-state index contributed by atoms with van der Waals surface area (Å²) in [6, 6.07) is 0. The van der Waals surface area contributed by atoms with Crippen molar-refractivity contribution in [1.29, 1.82) is 0 Å². The topological polar surface area (TPSA) is 46.1 Å². The fraction of sp³-hybridized carbons (Fsp3) is 0.929. The van der Waals surface area contributed by atoms with Crippen molar-refractivity contribution in [3.63, 3.8) is 0 Å². The molecule has 0 spiro atoms. The second kappa shape index (κ2) is 9.47. The number of aliphatic imine (C=N–C) groups is 1. The van der Waals surface area contributed by atoms with Gasteiger partial charge in [0.25, 0.3) is 0 Å². The van der Waals surface area contributed by atoms with Crippen molar-refractivity contribution in [3.8, 4) is 0 Å². The largest absolute Gasteiger partial charge is 0.382 e. The number of nitrogens with one attached hydrogen (secondary N) is 1. The monoisotopic (exact) mass is 303 g/mol. The van der Waals surface area contributed by atoms with E-state index in [2.05, 4.69) is 36.0 Å². The molecule has 0 unspecified atom stereocenters. The molecule has 1 aliphatic heterocycles. The molecule has 20 heavy (non-hydrogen) atoms. The van der Waals surface area contributed by atoms with Crippen LogP contribution in [0.1, 0.15) is 20.8 Å². The first-order chi connectivity index (χ1) is 9.59. The molecule has 1 N–H and O–H groups in total. The predicted molar refractivity (Wildman–Crippen MR) is 86.8 cm³/mol. The Bertz CT molecular complexity index is 298. The van der Waals surface area contributed by atoms with Gasteiger partial charge < -0.3 is 19.7 Å². The van der Waals surface area contributed by atoms with E-state index < -0.39 is 0 Å². The fourth-order valence-corrected chi connectivity index (χ4v) is 3.19. The molecule has 0 radical (unpaired) electrons. The van der Waals surface area contributed by atoms with Crippen LogP contribution in [0, 0.1) is 0 Å². The minimum absolute atomic E-state index is 0.295. The van der Waals surface area contributed by atoms with Gasteiger partial charge in [-0.05, 0) is 20.8 Å². The minimum atomic E-state index is 0.295. The fourth-order valence-electron chi connectivity index (χ4n) is 2.08. The highest BCUT2D eigenvalue weighted by molar-refractivity contribution is 8.00. The van der Waals surface area contributed by atoms with E-state index in [1.165, 1.54) is 0 Å². The number of nitrogens with zero attached hydrogens (tertiary/aromatic N) is 2. The predicted octanol–water partition coefficient (Wildman–Crippen LogP) is 1.44. The molecule has 0 aromatic carbocycles. The standard InChI is InChI=1S/C14H29N3O2S/c1-5-15-13(16-6-8-19-10-9-18-4)17-7-11-20-14(2,3)12-17/h5-12H2,1-4H3,(H,15,16). The Morgan fingerprint density at radius 3 is 2.80 bits per heavy atom. The highest BCUT2D eigenvalue weighted by Gasteiger charge is 2.28. The average Bonchev–Trinajstić information content (AvgIpc) is 2.40. The van der Waals surface area contributed by atoms with Crippen LogP contribution in [0.5, 0.6) is 0 Å². The zero-order chi connectivity index (χ0) is 14.8. The lowest BCUT2D eigenvalue weighted by molar-refractivity contribution is 0.0747. The van der Waals surface area contributed by atoms with Crippen molar-refractivity contribution < 1.29 is 9.47 Å². The van der Waals surface area contributed by atoms with E-state index >= 15 is 0 Å². The number of thioether (sulfide) groups is 1. The SMILES string of the molecule is CCNC(=NCCOCCOC)N1CCSC(C)(C)C1. The summed E-state index contributed by atoms with van der Waals surface area (Å²) in [5, 5.41) is 3.38. The number of hydrogen-bond acceptors (Lipinski definition) is 4. The molecule has 0 bridgehead atoms. The van der Waals surface area contributed by atoms with E-state index in [1.54, 1.807) is 7.11 Å². The third-order valence-corrected chi connectivity index (χ3v) is 4.29. The summed E-state index contributed by atoms with van der Waals surface area (Å²) in [5.74, 6) is 2.16. The number of ether oxygens (including phenoxy) is 2. The third-order valence-electron chi connectivity index (χ3n) is 2.99. The van der Waals surface area contributed by atoms with Gasteiger partial charge in [0.15, 0.2) is 5.96 Å². The van der Waals surface area contributed by atoms with E-state index in [1.807, 2.05) is 11.8 Å². The number of methoxy groups -OCH3 is 1. The molecule has 0 amide bonds.